The number of benzene rings is 2. The summed E-state index contributed by atoms with van der Waals surface area (Å²) in [7, 11) is 0. The number of rotatable bonds is 3. The molecule has 108 valence electrons. The molecule has 2 aromatic carbocycles. The topological polar surface area (TPSA) is 55.1 Å². The fourth-order valence-corrected chi connectivity index (χ4v) is 2.57. The van der Waals surface area contributed by atoms with E-state index in [0.29, 0.717) is 16.8 Å². The van der Waals surface area contributed by atoms with Gasteiger partial charge in [0.25, 0.3) is 5.91 Å². The SMILES string of the molecule is NC(=S)c1cc(Br)ccc1NC(=O)c1ccc(F)c(Br)c1. The van der Waals surface area contributed by atoms with Crippen LogP contribution in [0.1, 0.15) is 15.9 Å². The number of halogens is 3. The lowest BCUT2D eigenvalue weighted by Gasteiger charge is -2.11. The van der Waals surface area contributed by atoms with E-state index in [4.69, 9.17) is 18.0 Å². The Labute approximate surface area is 143 Å². The molecule has 3 N–H and O–H groups in total. The van der Waals surface area contributed by atoms with Crippen LogP contribution in [0.5, 0.6) is 0 Å². The van der Waals surface area contributed by atoms with Crippen LogP contribution < -0.4 is 11.1 Å². The summed E-state index contributed by atoms with van der Waals surface area (Å²) in [6.07, 6.45) is 0. The normalized spacial score (nSPS) is 10.2. The third-order valence-corrected chi connectivity index (χ3v) is 4.00. The van der Waals surface area contributed by atoms with Gasteiger partial charge in [0.15, 0.2) is 0 Å². The highest BCUT2D eigenvalue weighted by Crippen LogP contribution is 2.23. The molecule has 2 aromatic rings. The largest absolute Gasteiger partial charge is 0.389 e. The van der Waals surface area contributed by atoms with Crippen molar-refractivity contribution < 1.29 is 9.18 Å². The molecule has 0 aliphatic rings. The van der Waals surface area contributed by atoms with Crippen LogP contribution in [0, 0.1) is 5.82 Å². The second-order valence-corrected chi connectivity index (χ2v) is 6.35. The maximum Gasteiger partial charge on any atom is 0.255 e. The summed E-state index contributed by atoms with van der Waals surface area (Å²) in [6.45, 7) is 0. The highest BCUT2D eigenvalue weighted by Gasteiger charge is 2.12. The van der Waals surface area contributed by atoms with Crippen molar-refractivity contribution in [2.24, 2.45) is 5.73 Å². The Morgan fingerprint density at radius 2 is 1.90 bits per heavy atom. The average molecular weight is 432 g/mol. The summed E-state index contributed by atoms with van der Waals surface area (Å²) < 4.78 is 14.2. The third-order valence-electron chi connectivity index (χ3n) is 2.68. The first kappa shape index (κ1) is 16.1. The van der Waals surface area contributed by atoms with Gasteiger partial charge in [0.1, 0.15) is 10.8 Å². The second-order valence-electron chi connectivity index (χ2n) is 4.14. The Morgan fingerprint density at radius 1 is 1.19 bits per heavy atom. The van der Waals surface area contributed by atoms with E-state index >= 15 is 0 Å². The number of nitrogens with one attached hydrogen (secondary N) is 1. The standard InChI is InChI=1S/C14H9Br2FN2OS/c15-8-2-4-12(9(6-8)13(18)21)19-14(20)7-1-3-11(17)10(16)5-7/h1-6H,(H2,18,21)(H,19,20). The molecule has 0 radical (unpaired) electrons. The van der Waals surface area contributed by atoms with Crippen LogP contribution in [0.4, 0.5) is 10.1 Å². The summed E-state index contributed by atoms with van der Waals surface area (Å²) in [5.74, 6) is -0.811. The van der Waals surface area contributed by atoms with E-state index in [1.807, 2.05) is 0 Å². The van der Waals surface area contributed by atoms with Crippen molar-refractivity contribution in [3.63, 3.8) is 0 Å². The predicted octanol–water partition coefficient (Wildman–Crippen LogP) is 4.24. The first-order valence-corrected chi connectivity index (χ1v) is 7.73. The first-order chi connectivity index (χ1) is 9.88. The third kappa shape index (κ3) is 3.87. The minimum atomic E-state index is -0.431. The fourth-order valence-electron chi connectivity index (χ4n) is 1.66. The molecule has 0 saturated heterocycles. The van der Waals surface area contributed by atoms with Gasteiger partial charge in [0.05, 0.1) is 10.2 Å². The molecule has 2 rings (SSSR count). The summed E-state index contributed by atoms with van der Waals surface area (Å²) in [5, 5.41) is 2.71. The molecule has 21 heavy (non-hydrogen) atoms. The molecular formula is C14H9Br2FN2OS. The average Bonchev–Trinajstić information content (AvgIpc) is 2.43. The predicted molar refractivity (Wildman–Crippen MR) is 92.1 cm³/mol. The molecule has 0 aliphatic heterocycles. The minimum absolute atomic E-state index is 0.173. The van der Waals surface area contributed by atoms with Crippen LogP contribution in [0.25, 0.3) is 0 Å². The smallest absolute Gasteiger partial charge is 0.255 e. The zero-order valence-corrected chi connectivity index (χ0v) is 14.5. The van der Waals surface area contributed by atoms with Gasteiger partial charge in [-0.1, -0.05) is 28.1 Å². The number of anilines is 1. The zero-order valence-electron chi connectivity index (χ0n) is 10.5. The van der Waals surface area contributed by atoms with E-state index in [1.165, 1.54) is 18.2 Å². The lowest BCUT2D eigenvalue weighted by Crippen LogP contribution is -2.17. The van der Waals surface area contributed by atoms with Crippen molar-refractivity contribution in [1.82, 2.24) is 0 Å². The number of thiocarbonyl (C=S) groups is 1. The van der Waals surface area contributed by atoms with E-state index in [-0.39, 0.29) is 15.4 Å². The van der Waals surface area contributed by atoms with Crippen molar-refractivity contribution in [1.29, 1.82) is 0 Å². The molecule has 0 heterocycles. The monoisotopic (exact) mass is 430 g/mol. The molecule has 0 unspecified atom stereocenters. The van der Waals surface area contributed by atoms with Gasteiger partial charge in [-0.25, -0.2) is 4.39 Å². The van der Waals surface area contributed by atoms with E-state index in [0.717, 1.165) is 4.47 Å². The van der Waals surface area contributed by atoms with Gasteiger partial charge >= 0.3 is 0 Å². The van der Waals surface area contributed by atoms with Crippen molar-refractivity contribution in [3.05, 3.63) is 62.3 Å². The lowest BCUT2D eigenvalue weighted by atomic mass is 10.1. The quantitative estimate of drug-likeness (QED) is 0.714. The summed E-state index contributed by atoms with van der Waals surface area (Å²) in [6, 6.07) is 9.19. The van der Waals surface area contributed by atoms with E-state index in [1.54, 1.807) is 18.2 Å². The molecule has 0 bridgehead atoms. The lowest BCUT2D eigenvalue weighted by molar-refractivity contribution is 0.102. The van der Waals surface area contributed by atoms with Gasteiger partial charge in [-0.15, -0.1) is 0 Å². The number of amides is 1. The second kappa shape index (κ2) is 6.64. The Bertz CT molecular complexity index is 737. The van der Waals surface area contributed by atoms with Crippen molar-refractivity contribution >= 4 is 60.7 Å². The molecule has 0 atom stereocenters. The molecular weight excluding hydrogens is 423 g/mol. The Morgan fingerprint density at radius 3 is 2.52 bits per heavy atom. The van der Waals surface area contributed by atoms with Crippen molar-refractivity contribution in [3.8, 4) is 0 Å². The van der Waals surface area contributed by atoms with Gasteiger partial charge in [0, 0.05) is 15.6 Å². The van der Waals surface area contributed by atoms with Gasteiger partial charge in [-0.3, -0.25) is 4.79 Å². The van der Waals surface area contributed by atoms with E-state index < -0.39 is 5.82 Å². The fraction of sp³-hybridized carbons (Fsp3) is 0. The number of carbonyl (C=O) groups excluding carboxylic acids is 1. The maximum absolute atomic E-state index is 13.2. The Balaban J connectivity index is 2.31. The summed E-state index contributed by atoms with van der Waals surface area (Å²) in [4.78, 5) is 12.4. The van der Waals surface area contributed by atoms with Crippen LogP contribution in [-0.4, -0.2) is 10.9 Å². The van der Waals surface area contributed by atoms with Crippen LogP contribution in [0.3, 0.4) is 0 Å². The molecule has 1 amide bonds. The van der Waals surface area contributed by atoms with E-state index in [2.05, 4.69) is 37.2 Å². The van der Waals surface area contributed by atoms with Crippen LogP contribution in [0.15, 0.2) is 45.3 Å². The number of hydrogen-bond donors (Lipinski definition) is 2. The summed E-state index contributed by atoms with van der Waals surface area (Å²) >= 11 is 11.3. The highest BCUT2D eigenvalue weighted by molar-refractivity contribution is 9.10. The zero-order chi connectivity index (χ0) is 15.6. The minimum Gasteiger partial charge on any atom is -0.389 e. The number of carbonyl (C=O) groups is 1. The van der Waals surface area contributed by atoms with Crippen LogP contribution >= 0.6 is 44.1 Å². The number of nitrogens with two attached hydrogens (primary N) is 1. The molecule has 0 saturated carbocycles. The van der Waals surface area contributed by atoms with Crippen LogP contribution in [-0.2, 0) is 0 Å². The van der Waals surface area contributed by atoms with Gasteiger partial charge in [0.2, 0.25) is 0 Å². The Hall–Kier alpha value is -1.31. The summed E-state index contributed by atoms with van der Waals surface area (Å²) in [5.41, 5.74) is 7.01. The first-order valence-electron chi connectivity index (χ1n) is 5.74. The molecule has 7 heteroatoms. The van der Waals surface area contributed by atoms with Gasteiger partial charge in [-0.2, -0.15) is 0 Å². The van der Waals surface area contributed by atoms with E-state index in [9.17, 15) is 9.18 Å². The van der Waals surface area contributed by atoms with Crippen LogP contribution in [0.2, 0.25) is 0 Å². The molecule has 0 aliphatic carbocycles. The van der Waals surface area contributed by atoms with Crippen molar-refractivity contribution in [2.75, 3.05) is 5.32 Å². The molecule has 0 aromatic heterocycles. The molecule has 0 spiro atoms. The van der Waals surface area contributed by atoms with Gasteiger partial charge < -0.3 is 11.1 Å². The Kier molecular flexibility index (Phi) is 5.08. The van der Waals surface area contributed by atoms with Crippen molar-refractivity contribution in [2.45, 2.75) is 0 Å². The molecule has 0 fully saturated rings. The maximum atomic E-state index is 13.2. The van der Waals surface area contributed by atoms with Gasteiger partial charge in [-0.05, 0) is 52.3 Å². The highest BCUT2D eigenvalue weighted by atomic mass is 79.9. The molecule has 3 nitrogen and oxygen atoms in total. The number of hydrogen-bond acceptors (Lipinski definition) is 2.